The Morgan fingerprint density at radius 2 is 1.73 bits per heavy atom. The zero-order valence-electron chi connectivity index (χ0n) is 13.4. The molecular weight excluding hydrogens is 310 g/mol. The average Bonchev–Trinajstić information content (AvgIpc) is 2.44. The van der Waals surface area contributed by atoms with Gasteiger partial charge in [0.05, 0.1) is 31.8 Å². The number of carbonyl (C=O) groups is 1. The lowest BCUT2D eigenvalue weighted by Gasteiger charge is -2.24. The van der Waals surface area contributed by atoms with Crippen LogP contribution in [0.1, 0.15) is 10.4 Å². The van der Waals surface area contributed by atoms with Crippen LogP contribution in [0, 0.1) is 10.1 Å². The second-order valence-electron chi connectivity index (χ2n) is 5.41. The number of methoxy groups -OCH3 is 2. The maximum absolute atomic E-state index is 12.1. The molecule has 0 bridgehead atoms. The van der Waals surface area contributed by atoms with E-state index < -0.39 is 20.9 Å². The molecule has 8 heteroatoms. The van der Waals surface area contributed by atoms with Gasteiger partial charge in [-0.2, -0.15) is 0 Å². The summed E-state index contributed by atoms with van der Waals surface area (Å²) in [7, 11) is 1.95. The highest BCUT2D eigenvalue weighted by molar-refractivity contribution is 8.32. The number of benzene rings is 1. The van der Waals surface area contributed by atoms with E-state index in [9.17, 15) is 14.9 Å². The van der Waals surface area contributed by atoms with Gasteiger partial charge in [0, 0.05) is 11.8 Å². The third-order valence-corrected chi connectivity index (χ3v) is 4.24. The second-order valence-corrected chi connectivity index (χ2v) is 10.0. The molecule has 7 nitrogen and oxygen atoms in total. The Morgan fingerprint density at radius 1 is 1.18 bits per heavy atom. The van der Waals surface area contributed by atoms with E-state index in [2.05, 4.69) is 18.8 Å². The van der Waals surface area contributed by atoms with E-state index in [-0.39, 0.29) is 29.4 Å². The van der Waals surface area contributed by atoms with Crippen molar-refractivity contribution in [3.8, 4) is 11.5 Å². The molecule has 22 heavy (non-hydrogen) atoms. The van der Waals surface area contributed by atoms with Gasteiger partial charge >= 0.3 is 5.97 Å². The molecule has 0 fully saturated rings. The number of nitro groups is 1. The van der Waals surface area contributed by atoms with Crippen LogP contribution >= 0.6 is 10.0 Å². The van der Waals surface area contributed by atoms with Crippen molar-refractivity contribution in [2.75, 3.05) is 45.3 Å². The van der Waals surface area contributed by atoms with Gasteiger partial charge in [0.1, 0.15) is 5.56 Å². The van der Waals surface area contributed by atoms with Crippen LogP contribution in [-0.2, 0) is 4.74 Å². The minimum atomic E-state index is -0.808. The van der Waals surface area contributed by atoms with Gasteiger partial charge in [-0.25, -0.2) is 14.8 Å². The summed E-state index contributed by atoms with van der Waals surface area (Å²) >= 11 is 0. The van der Waals surface area contributed by atoms with Gasteiger partial charge in [-0.05, 0) is 18.8 Å². The zero-order chi connectivity index (χ0) is 16.9. The topological polar surface area (TPSA) is 87.9 Å². The molecule has 0 saturated heterocycles. The van der Waals surface area contributed by atoms with Crippen LogP contribution in [-0.4, -0.2) is 56.2 Å². The first-order valence-corrected chi connectivity index (χ1v) is 9.46. The van der Waals surface area contributed by atoms with E-state index in [0.29, 0.717) is 0 Å². The van der Waals surface area contributed by atoms with Gasteiger partial charge in [0.2, 0.25) is 0 Å². The normalized spacial score (nSPS) is 11.7. The Kier molecular flexibility index (Phi) is 6.04. The average molecular weight is 331 g/mol. The highest BCUT2D eigenvalue weighted by Crippen LogP contribution is 2.36. The quantitative estimate of drug-likeness (QED) is 0.433. The largest absolute Gasteiger partial charge is 0.493 e. The molecule has 124 valence electrons. The first-order valence-electron chi connectivity index (χ1n) is 6.43. The summed E-state index contributed by atoms with van der Waals surface area (Å²) in [5.74, 6) is 0.419. The number of hydrogen-bond donors (Lipinski definition) is 0. The third kappa shape index (κ3) is 4.80. The summed E-state index contributed by atoms with van der Waals surface area (Å²) in [5.41, 5.74) is -0.516. The van der Waals surface area contributed by atoms with Crippen LogP contribution in [0.5, 0.6) is 11.5 Å². The summed E-state index contributed by atoms with van der Waals surface area (Å²) in [6, 6.07) is 2.42. The first-order chi connectivity index (χ1) is 10.2. The number of hydrogen-bond acceptors (Lipinski definition) is 6. The minimum Gasteiger partial charge on any atom is -0.493 e. The Balaban J connectivity index is 3.05. The lowest BCUT2D eigenvalue weighted by Crippen LogP contribution is -2.14. The van der Waals surface area contributed by atoms with E-state index in [4.69, 9.17) is 14.2 Å². The van der Waals surface area contributed by atoms with Crippen LogP contribution in [0.2, 0.25) is 0 Å². The maximum atomic E-state index is 12.1. The number of nitro benzene ring substituents is 1. The smallest absolute Gasteiger partial charge is 0.345 e. The standard InChI is InChI=1S/C14H21NO6S/c1-19-12-8-10(11(15(17)18)9-13(12)20-2)14(16)21-6-7-22(3,4)5/h8-9H,6-7H2,1-5H3. The third-order valence-electron chi connectivity index (χ3n) is 2.85. The summed E-state index contributed by atoms with van der Waals surface area (Å²) < 4.78 is 15.2. The summed E-state index contributed by atoms with van der Waals surface area (Å²) in [6.07, 6.45) is 6.29. The van der Waals surface area contributed by atoms with E-state index in [1.165, 1.54) is 20.3 Å². The molecular formula is C14H21NO6S. The molecule has 0 aromatic heterocycles. The van der Waals surface area contributed by atoms with Crippen molar-refractivity contribution in [2.24, 2.45) is 0 Å². The Morgan fingerprint density at radius 3 is 2.18 bits per heavy atom. The highest BCUT2D eigenvalue weighted by atomic mass is 32.3. The summed E-state index contributed by atoms with van der Waals surface area (Å²) in [4.78, 5) is 22.6. The van der Waals surface area contributed by atoms with E-state index in [0.717, 1.165) is 11.8 Å². The number of esters is 1. The summed E-state index contributed by atoms with van der Waals surface area (Å²) in [5, 5.41) is 11.1. The van der Waals surface area contributed by atoms with Gasteiger partial charge in [-0.3, -0.25) is 10.1 Å². The van der Waals surface area contributed by atoms with Crippen molar-refractivity contribution >= 4 is 21.7 Å². The van der Waals surface area contributed by atoms with Crippen molar-refractivity contribution in [1.29, 1.82) is 0 Å². The first kappa shape index (κ1) is 18.1. The van der Waals surface area contributed by atoms with Gasteiger partial charge < -0.3 is 14.2 Å². The van der Waals surface area contributed by atoms with Crippen molar-refractivity contribution in [1.82, 2.24) is 0 Å². The van der Waals surface area contributed by atoms with Crippen molar-refractivity contribution in [3.63, 3.8) is 0 Å². The molecule has 0 saturated carbocycles. The Hall–Kier alpha value is -1.96. The maximum Gasteiger partial charge on any atom is 0.345 e. The molecule has 1 rings (SSSR count). The van der Waals surface area contributed by atoms with Crippen LogP contribution in [0.15, 0.2) is 12.1 Å². The van der Waals surface area contributed by atoms with Gasteiger partial charge in [-0.1, -0.05) is 0 Å². The van der Waals surface area contributed by atoms with Crippen LogP contribution in [0.25, 0.3) is 0 Å². The molecule has 0 unspecified atom stereocenters. The molecule has 0 spiro atoms. The predicted octanol–water partition coefficient (Wildman–Crippen LogP) is 2.46. The van der Waals surface area contributed by atoms with Crippen molar-refractivity contribution in [3.05, 3.63) is 27.8 Å². The van der Waals surface area contributed by atoms with Crippen molar-refractivity contribution in [2.45, 2.75) is 0 Å². The number of rotatable bonds is 7. The predicted molar refractivity (Wildman–Crippen MR) is 86.7 cm³/mol. The van der Waals surface area contributed by atoms with E-state index >= 15 is 0 Å². The fourth-order valence-corrected chi connectivity index (χ4v) is 2.23. The molecule has 0 aliphatic rings. The monoisotopic (exact) mass is 331 g/mol. The van der Waals surface area contributed by atoms with Gasteiger partial charge in [0.15, 0.2) is 11.5 Å². The lowest BCUT2D eigenvalue weighted by molar-refractivity contribution is -0.385. The molecule has 1 aromatic carbocycles. The molecule has 0 amide bonds. The minimum absolute atomic E-state index is 0.147. The number of nitrogens with zero attached hydrogens (tertiary/aromatic N) is 1. The molecule has 1 aromatic rings. The van der Waals surface area contributed by atoms with Crippen molar-refractivity contribution < 1.29 is 23.9 Å². The van der Waals surface area contributed by atoms with Crippen LogP contribution in [0.3, 0.4) is 0 Å². The zero-order valence-corrected chi connectivity index (χ0v) is 14.2. The molecule has 0 atom stereocenters. The van der Waals surface area contributed by atoms with Gasteiger partial charge in [0.25, 0.3) is 5.69 Å². The molecule has 0 aliphatic heterocycles. The SMILES string of the molecule is COc1cc(C(=O)OCCS(C)(C)C)c([N+](=O)[O-])cc1OC. The summed E-state index contributed by atoms with van der Waals surface area (Å²) in [6.45, 7) is 0.225. The highest BCUT2D eigenvalue weighted by Gasteiger charge is 2.25. The fraction of sp³-hybridized carbons (Fsp3) is 0.500. The lowest BCUT2D eigenvalue weighted by atomic mass is 10.1. The van der Waals surface area contributed by atoms with Crippen LogP contribution in [0.4, 0.5) is 5.69 Å². The second kappa shape index (κ2) is 7.35. The molecule has 0 N–H and O–H groups in total. The van der Waals surface area contributed by atoms with Gasteiger partial charge in [-0.15, -0.1) is 0 Å². The fourth-order valence-electron chi connectivity index (χ4n) is 1.64. The van der Waals surface area contributed by atoms with E-state index in [1.54, 1.807) is 0 Å². The number of ether oxygens (including phenoxy) is 3. The van der Waals surface area contributed by atoms with E-state index in [1.807, 2.05) is 0 Å². The molecule has 0 radical (unpaired) electrons. The molecule has 0 heterocycles. The Labute approximate surface area is 131 Å². The Bertz CT molecular complexity index is 567. The molecule has 0 aliphatic carbocycles. The van der Waals surface area contributed by atoms with Crippen LogP contribution < -0.4 is 9.47 Å². The number of carbonyl (C=O) groups excluding carboxylic acids is 1.